The molecule has 1 aliphatic carbocycles. The van der Waals surface area contributed by atoms with E-state index in [9.17, 15) is 0 Å². The molecule has 1 aromatic rings. The molecule has 20 heavy (non-hydrogen) atoms. The molecule has 2 rings (SSSR count). The quantitative estimate of drug-likeness (QED) is 0.805. The summed E-state index contributed by atoms with van der Waals surface area (Å²) in [6.45, 7) is 8.55. The van der Waals surface area contributed by atoms with E-state index >= 15 is 0 Å². The molecule has 0 unspecified atom stereocenters. The molecule has 4 heteroatoms. The maximum atomic E-state index is 5.09. The van der Waals surface area contributed by atoms with Crippen LogP contribution in [0, 0.1) is 12.3 Å². The van der Waals surface area contributed by atoms with Crippen LogP contribution in [0.3, 0.4) is 0 Å². The molecular weight excluding hydrogens is 250 g/mol. The molecule has 0 amide bonds. The number of rotatable bonds is 6. The Morgan fingerprint density at radius 2 is 2.10 bits per heavy atom. The number of anilines is 1. The highest BCUT2D eigenvalue weighted by Gasteiger charge is 2.28. The largest absolute Gasteiger partial charge is 0.385 e. The number of hydrogen-bond donors (Lipinski definition) is 1. The summed E-state index contributed by atoms with van der Waals surface area (Å²) in [5.74, 6) is 1.03. The molecule has 0 aliphatic heterocycles. The lowest BCUT2D eigenvalue weighted by atomic mass is 9.75. The van der Waals surface area contributed by atoms with Gasteiger partial charge in [0.2, 0.25) is 5.95 Å². The Hall–Kier alpha value is -1.03. The maximum Gasteiger partial charge on any atom is 0.203 e. The highest BCUT2D eigenvalue weighted by atomic mass is 16.5. The van der Waals surface area contributed by atoms with Gasteiger partial charge in [0.15, 0.2) is 0 Å². The molecular formula is C16H29N3O. The Kier molecular flexibility index (Phi) is 5.08. The van der Waals surface area contributed by atoms with Gasteiger partial charge < -0.3 is 14.6 Å². The highest BCUT2D eigenvalue weighted by Crippen LogP contribution is 2.41. The Morgan fingerprint density at radius 3 is 2.75 bits per heavy atom. The lowest BCUT2D eigenvalue weighted by Gasteiger charge is -2.35. The van der Waals surface area contributed by atoms with Crippen molar-refractivity contribution in [3.63, 3.8) is 0 Å². The Balaban J connectivity index is 1.97. The maximum absolute atomic E-state index is 5.09. The summed E-state index contributed by atoms with van der Waals surface area (Å²) in [6, 6.07) is 0.606. The van der Waals surface area contributed by atoms with E-state index < -0.39 is 0 Å². The molecule has 4 nitrogen and oxygen atoms in total. The standard InChI is InChI=1S/C16H29N3O/c1-13-12-19(14-6-8-16(2,3)9-7-14)15(18-13)17-10-5-11-20-4/h12,14H,5-11H2,1-4H3,(H,17,18). The molecule has 1 aliphatic rings. The predicted molar refractivity (Wildman–Crippen MR) is 83.2 cm³/mol. The van der Waals surface area contributed by atoms with Crippen molar-refractivity contribution in [1.82, 2.24) is 9.55 Å². The number of nitrogens with one attached hydrogen (secondary N) is 1. The Morgan fingerprint density at radius 1 is 1.40 bits per heavy atom. The average molecular weight is 279 g/mol. The van der Waals surface area contributed by atoms with Crippen molar-refractivity contribution in [3.05, 3.63) is 11.9 Å². The zero-order valence-electron chi connectivity index (χ0n) is 13.4. The normalized spacial score (nSPS) is 19.2. The van der Waals surface area contributed by atoms with Crippen molar-refractivity contribution < 1.29 is 4.74 Å². The lowest BCUT2D eigenvalue weighted by molar-refractivity contribution is 0.193. The van der Waals surface area contributed by atoms with E-state index in [4.69, 9.17) is 4.74 Å². The van der Waals surface area contributed by atoms with Crippen LogP contribution in [0.5, 0.6) is 0 Å². The van der Waals surface area contributed by atoms with Crippen LogP contribution in [0.4, 0.5) is 5.95 Å². The molecule has 0 aromatic carbocycles. The number of ether oxygens (including phenoxy) is 1. The number of aryl methyl sites for hydroxylation is 1. The van der Waals surface area contributed by atoms with Gasteiger partial charge in [0.05, 0.1) is 5.69 Å². The third-order valence-electron chi connectivity index (χ3n) is 4.36. The van der Waals surface area contributed by atoms with Crippen LogP contribution < -0.4 is 5.32 Å². The minimum Gasteiger partial charge on any atom is -0.385 e. The molecule has 114 valence electrons. The van der Waals surface area contributed by atoms with E-state index in [1.54, 1.807) is 7.11 Å². The van der Waals surface area contributed by atoms with Gasteiger partial charge in [-0.2, -0.15) is 0 Å². The molecule has 0 spiro atoms. The van der Waals surface area contributed by atoms with Gasteiger partial charge in [-0.25, -0.2) is 4.98 Å². The first-order chi connectivity index (χ1) is 9.52. The second-order valence-corrected chi connectivity index (χ2v) is 6.78. The smallest absolute Gasteiger partial charge is 0.203 e. The molecule has 1 saturated carbocycles. The Bertz CT molecular complexity index is 415. The van der Waals surface area contributed by atoms with Gasteiger partial charge in [0, 0.05) is 32.5 Å². The van der Waals surface area contributed by atoms with Gasteiger partial charge in [0.25, 0.3) is 0 Å². The van der Waals surface area contributed by atoms with Crippen LogP contribution in [0.2, 0.25) is 0 Å². The number of methoxy groups -OCH3 is 1. The summed E-state index contributed by atoms with van der Waals surface area (Å²) in [6.07, 6.45) is 8.34. The van der Waals surface area contributed by atoms with Crippen molar-refractivity contribution in [2.45, 2.75) is 58.9 Å². The molecule has 0 saturated heterocycles. The fourth-order valence-corrected chi connectivity index (χ4v) is 3.00. The van der Waals surface area contributed by atoms with Gasteiger partial charge >= 0.3 is 0 Å². The van der Waals surface area contributed by atoms with Crippen molar-refractivity contribution in [2.75, 3.05) is 25.6 Å². The van der Waals surface area contributed by atoms with Gasteiger partial charge in [-0.15, -0.1) is 0 Å². The monoisotopic (exact) mass is 279 g/mol. The summed E-state index contributed by atoms with van der Waals surface area (Å²) in [5, 5.41) is 3.46. The van der Waals surface area contributed by atoms with E-state index in [2.05, 4.69) is 41.8 Å². The van der Waals surface area contributed by atoms with Crippen molar-refractivity contribution in [2.24, 2.45) is 5.41 Å². The van der Waals surface area contributed by atoms with E-state index in [0.717, 1.165) is 31.2 Å². The molecule has 0 radical (unpaired) electrons. The second kappa shape index (κ2) is 6.61. The summed E-state index contributed by atoms with van der Waals surface area (Å²) in [7, 11) is 1.74. The van der Waals surface area contributed by atoms with Crippen LogP contribution in [0.15, 0.2) is 6.20 Å². The van der Waals surface area contributed by atoms with Crippen LogP contribution in [-0.2, 0) is 4.74 Å². The third kappa shape index (κ3) is 3.98. The fraction of sp³-hybridized carbons (Fsp3) is 0.812. The minimum absolute atomic E-state index is 0.512. The average Bonchev–Trinajstić information content (AvgIpc) is 2.76. The van der Waals surface area contributed by atoms with Crippen LogP contribution in [-0.4, -0.2) is 29.8 Å². The summed E-state index contributed by atoms with van der Waals surface area (Å²) < 4.78 is 7.45. The van der Waals surface area contributed by atoms with Crippen molar-refractivity contribution >= 4 is 5.95 Å². The first kappa shape index (κ1) is 15.4. The molecule has 1 aromatic heterocycles. The summed E-state index contributed by atoms with van der Waals surface area (Å²) in [4.78, 5) is 4.63. The molecule has 1 fully saturated rings. The number of hydrogen-bond acceptors (Lipinski definition) is 3. The molecule has 1 N–H and O–H groups in total. The van der Waals surface area contributed by atoms with Gasteiger partial charge in [-0.05, 0) is 44.4 Å². The summed E-state index contributed by atoms with van der Waals surface area (Å²) >= 11 is 0. The highest BCUT2D eigenvalue weighted by molar-refractivity contribution is 5.29. The van der Waals surface area contributed by atoms with Gasteiger partial charge in [0.1, 0.15) is 0 Å². The van der Waals surface area contributed by atoms with Crippen LogP contribution >= 0.6 is 0 Å². The van der Waals surface area contributed by atoms with Crippen LogP contribution in [0.25, 0.3) is 0 Å². The molecule has 1 heterocycles. The van der Waals surface area contributed by atoms with Crippen molar-refractivity contribution in [3.8, 4) is 0 Å². The van der Waals surface area contributed by atoms with E-state index in [0.29, 0.717) is 11.5 Å². The first-order valence-corrected chi connectivity index (χ1v) is 7.80. The molecule has 0 bridgehead atoms. The van der Waals surface area contributed by atoms with Gasteiger partial charge in [-0.3, -0.25) is 0 Å². The zero-order chi connectivity index (χ0) is 14.6. The van der Waals surface area contributed by atoms with Gasteiger partial charge in [-0.1, -0.05) is 13.8 Å². The minimum atomic E-state index is 0.512. The fourth-order valence-electron chi connectivity index (χ4n) is 3.00. The summed E-state index contributed by atoms with van der Waals surface area (Å²) in [5.41, 5.74) is 1.61. The lowest BCUT2D eigenvalue weighted by Crippen LogP contribution is -2.24. The first-order valence-electron chi connectivity index (χ1n) is 7.80. The number of aromatic nitrogens is 2. The van der Waals surface area contributed by atoms with Crippen LogP contribution in [0.1, 0.15) is 57.7 Å². The topological polar surface area (TPSA) is 39.1 Å². The number of imidazole rings is 1. The SMILES string of the molecule is COCCCNc1nc(C)cn1C1CCC(C)(C)CC1. The van der Waals surface area contributed by atoms with E-state index in [-0.39, 0.29) is 0 Å². The second-order valence-electron chi connectivity index (χ2n) is 6.78. The zero-order valence-corrected chi connectivity index (χ0v) is 13.4. The third-order valence-corrected chi connectivity index (χ3v) is 4.36. The number of nitrogens with zero attached hydrogens (tertiary/aromatic N) is 2. The van der Waals surface area contributed by atoms with Crippen molar-refractivity contribution in [1.29, 1.82) is 0 Å². The predicted octanol–water partition coefficient (Wildman–Crippen LogP) is 3.78. The molecule has 0 atom stereocenters. The van der Waals surface area contributed by atoms with E-state index in [1.807, 2.05) is 0 Å². The Labute approximate surface area is 122 Å². The van der Waals surface area contributed by atoms with E-state index in [1.165, 1.54) is 25.7 Å².